The predicted molar refractivity (Wildman–Crippen MR) is 115 cm³/mol. The van der Waals surface area contributed by atoms with Crippen LogP contribution in [0.1, 0.15) is 6.92 Å². The average Bonchev–Trinajstić information content (AvgIpc) is 2.74. The van der Waals surface area contributed by atoms with E-state index in [0.29, 0.717) is 53.1 Å². The summed E-state index contributed by atoms with van der Waals surface area (Å²) in [5.41, 5.74) is 1.03. The van der Waals surface area contributed by atoms with Crippen LogP contribution in [0.3, 0.4) is 0 Å². The molecule has 1 fully saturated rings. The first-order valence-electron chi connectivity index (χ1n) is 9.35. The van der Waals surface area contributed by atoms with Gasteiger partial charge in [0.25, 0.3) is 5.56 Å². The van der Waals surface area contributed by atoms with E-state index in [0.717, 1.165) is 0 Å². The van der Waals surface area contributed by atoms with Gasteiger partial charge in [-0.1, -0.05) is 41.6 Å². The number of morpholine rings is 1. The first kappa shape index (κ1) is 19.9. The van der Waals surface area contributed by atoms with Crippen molar-refractivity contribution in [2.75, 3.05) is 26.3 Å². The number of halogens is 1. The lowest BCUT2D eigenvalue weighted by Crippen LogP contribution is -2.44. The van der Waals surface area contributed by atoms with Crippen molar-refractivity contribution in [3.8, 4) is 5.69 Å². The Bertz CT molecular complexity index is 1110. The van der Waals surface area contributed by atoms with Gasteiger partial charge in [0, 0.05) is 18.1 Å². The molecule has 0 N–H and O–H groups in total. The molecule has 0 saturated carbocycles. The van der Waals surface area contributed by atoms with Crippen molar-refractivity contribution in [1.82, 2.24) is 14.5 Å². The molecule has 3 aromatic rings. The number of carbonyl (C=O) groups is 1. The van der Waals surface area contributed by atoms with E-state index in [9.17, 15) is 9.59 Å². The summed E-state index contributed by atoms with van der Waals surface area (Å²) in [6.07, 6.45) is 0. The summed E-state index contributed by atoms with van der Waals surface area (Å²) in [4.78, 5) is 32.6. The molecule has 1 amide bonds. The molecule has 2 aromatic carbocycles. The Balaban J connectivity index is 1.77. The van der Waals surface area contributed by atoms with Gasteiger partial charge in [-0.2, -0.15) is 0 Å². The number of carbonyl (C=O) groups excluding carboxylic acids is 1. The minimum atomic E-state index is -0.397. The van der Waals surface area contributed by atoms with Crippen molar-refractivity contribution in [1.29, 1.82) is 0 Å². The molecule has 2 heterocycles. The van der Waals surface area contributed by atoms with Gasteiger partial charge in [0.05, 0.1) is 35.1 Å². The lowest BCUT2D eigenvalue weighted by atomic mass is 10.2. The fourth-order valence-electron chi connectivity index (χ4n) is 3.28. The summed E-state index contributed by atoms with van der Waals surface area (Å²) in [5, 5.41) is 1.11. The molecule has 0 spiro atoms. The normalized spacial score (nSPS) is 15.4. The van der Waals surface area contributed by atoms with E-state index in [1.54, 1.807) is 35.2 Å². The third-order valence-corrected chi connectivity index (χ3v) is 6.04. The van der Waals surface area contributed by atoms with E-state index in [2.05, 4.69) is 0 Å². The topological polar surface area (TPSA) is 64.4 Å². The summed E-state index contributed by atoms with van der Waals surface area (Å²) < 4.78 is 6.86. The van der Waals surface area contributed by atoms with Crippen LogP contribution in [0, 0.1) is 0 Å². The minimum absolute atomic E-state index is 0.0124. The van der Waals surface area contributed by atoms with Crippen molar-refractivity contribution in [3.63, 3.8) is 0 Å². The summed E-state index contributed by atoms with van der Waals surface area (Å²) in [5.74, 6) is 0.0124. The van der Waals surface area contributed by atoms with Gasteiger partial charge in [-0.15, -0.1) is 0 Å². The van der Waals surface area contributed by atoms with E-state index < -0.39 is 5.25 Å². The van der Waals surface area contributed by atoms with E-state index in [4.69, 9.17) is 21.3 Å². The van der Waals surface area contributed by atoms with Crippen LogP contribution in [0.2, 0.25) is 5.02 Å². The number of fused-ring (bicyclic) bond motifs is 1. The molecule has 29 heavy (non-hydrogen) atoms. The number of hydrogen-bond acceptors (Lipinski definition) is 5. The van der Waals surface area contributed by atoms with Crippen molar-refractivity contribution in [3.05, 3.63) is 63.9 Å². The van der Waals surface area contributed by atoms with E-state index in [-0.39, 0.29) is 11.5 Å². The highest BCUT2D eigenvalue weighted by molar-refractivity contribution is 8.00. The molecule has 150 valence electrons. The molecule has 0 bridgehead atoms. The first-order chi connectivity index (χ1) is 14.0. The molecule has 1 atom stereocenters. The Kier molecular flexibility index (Phi) is 5.89. The Hall–Kier alpha value is -2.35. The number of ether oxygens (including phenoxy) is 1. The highest BCUT2D eigenvalue weighted by Gasteiger charge is 2.25. The number of hydrogen-bond donors (Lipinski definition) is 0. The van der Waals surface area contributed by atoms with Crippen LogP contribution >= 0.6 is 23.4 Å². The van der Waals surface area contributed by atoms with Gasteiger partial charge in [-0.25, -0.2) is 4.98 Å². The van der Waals surface area contributed by atoms with Crippen LogP contribution < -0.4 is 5.56 Å². The molecule has 1 unspecified atom stereocenters. The zero-order chi connectivity index (χ0) is 20.4. The van der Waals surface area contributed by atoms with Crippen molar-refractivity contribution < 1.29 is 9.53 Å². The maximum atomic E-state index is 13.3. The van der Waals surface area contributed by atoms with Gasteiger partial charge in [0.1, 0.15) is 0 Å². The average molecular weight is 430 g/mol. The summed E-state index contributed by atoms with van der Waals surface area (Å²) in [7, 11) is 0. The second-order valence-corrected chi connectivity index (χ2v) is 8.47. The fourth-order valence-corrected chi connectivity index (χ4v) is 4.48. The van der Waals surface area contributed by atoms with Crippen LogP contribution in [-0.4, -0.2) is 51.9 Å². The number of rotatable bonds is 4. The number of aromatic nitrogens is 2. The van der Waals surface area contributed by atoms with Crippen LogP contribution in [0.5, 0.6) is 0 Å². The van der Waals surface area contributed by atoms with Gasteiger partial charge >= 0.3 is 0 Å². The lowest BCUT2D eigenvalue weighted by molar-refractivity contribution is -0.134. The van der Waals surface area contributed by atoms with Gasteiger partial charge < -0.3 is 9.64 Å². The maximum absolute atomic E-state index is 13.3. The molecule has 1 saturated heterocycles. The second kappa shape index (κ2) is 8.57. The van der Waals surface area contributed by atoms with Crippen LogP contribution in [0.4, 0.5) is 0 Å². The lowest BCUT2D eigenvalue weighted by Gasteiger charge is -2.29. The van der Waals surface area contributed by atoms with Gasteiger partial charge in [-0.05, 0) is 37.3 Å². The molecular formula is C21H20ClN3O3S. The third-order valence-electron chi connectivity index (χ3n) is 4.76. The third kappa shape index (κ3) is 4.17. The molecule has 0 aliphatic carbocycles. The highest BCUT2D eigenvalue weighted by Crippen LogP contribution is 2.27. The maximum Gasteiger partial charge on any atom is 0.266 e. The summed E-state index contributed by atoms with van der Waals surface area (Å²) >= 11 is 7.44. The van der Waals surface area contributed by atoms with Gasteiger partial charge in [0.15, 0.2) is 5.16 Å². The molecule has 8 heteroatoms. The summed E-state index contributed by atoms with van der Waals surface area (Å²) in [6.45, 7) is 4.09. The Labute approximate surface area is 177 Å². The quantitative estimate of drug-likeness (QED) is 0.470. The number of amides is 1. The van der Waals surface area contributed by atoms with E-state index >= 15 is 0 Å². The SMILES string of the molecule is CC(Sc1nc2ccccc2c(=O)n1-c1cccc(Cl)c1)C(=O)N1CCOCC1. The van der Waals surface area contributed by atoms with Crippen molar-refractivity contribution >= 4 is 40.2 Å². The van der Waals surface area contributed by atoms with Gasteiger partial charge in [0.2, 0.25) is 5.91 Å². The predicted octanol–water partition coefficient (Wildman–Crippen LogP) is 3.38. The number of para-hydroxylation sites is 1. The number of nitrogens with zero attached hydrogens (tertiary/aromatic N) is 3. The van der Waals surface area contributed by atoms with Crippen molar-refractivity contribution in [2.45, 2.75) is 17.3 Å². The van der Waals surface area contributed by atoms with Gasteiger partial charge in [-0.3, -0.25) is 14.2 Å². The molecule has 1 aliphatic heterocycles. The number of benzene rings is 2. The minimum Gasteiger partial charge on any atom is -0.378 e. The second-order valence-electron chi connectivity index (χ2n) is 6.73. The van der Waals surface area contributed by atoms with E-state index in [1.165, 1.54) is 16.3 Å². The zero-order valence-electron chi connectivity index (χ0n) is 15.9. The van der Waals surface area contributed by atoms with Crippen molar-refractivity contribution in [2.24, 2.45) is 0 Å². The summed E-state index contributed by atoms with van der Waals surface area (Å²) in [6, 6.07) is 14.3. The monoisotopic (exact) mass is 429 g/mol. The van der Waals surface area contributed by atoms with Crippen LogP contribution in [0.15, 0.2) is 58.5 Å². The van der Waals surface area contributed by atoms with Crippen LogP contribution in [-0.2, 0) is 9.53 Å². The number of thioether (sulfide) groups is 1. The first-order valence-corrected chi connectivity index (χ1v) is 10.6. The van der Waals surface area contributed by atoms with Crippen LogP contribution in [0.25, 0.3) is 16.6 Å². The Morgan fingerprint density at radius 2 is 1.93 bits per heavy atom. The molecule has 4 rings (SSSR count). The smallest absolute Gasteiger partial charge is 0.266 e. The Morgan fingerprint density at radius 3 is 2.69 bits per heavy atom. The largest absolute Gasteiger partial charge is 0.378 e. The highest BCUT2D eigenvalue weighted by atomic mass is 35.5. The molecule has 1 aromatic heterocycles. The molecule has 6 nitrogen and oxygen atoms in total. The fraction of sp³-hybridized carbons (Fsp3) is 0.286. The zero-order valence-corrected chi connectivity index (χ0v) is 17.4. The molecule has 0 radical (unpaired) electrons. The molecule has 1 aliphatic rings. The standard InChI is InChI=1S/C21H20ClN3O3S/c1-14(19(26)24-9-11-28-12-10-24)29-21-23-18-8-3-2-7-17(18)20(27)25(21)16-6-4-5-15(22)13-16/h2-8,13-14H,9-12H2,1H3. The Morgan fingerprint density at radius 1 is 1.17 bits per heavy atom. The van der Waals surface area contributed by atoms with E-state index in [1.807, 2.05) is 25.1 Å². The molecular weight excluding hydrogens is 410 g/mol.